The average Bonchev–Trinajstić information content (AvgIpc) is 2.94. The minimum atomic E-state index is -2.47. The summed E-state index contributed by atoms with van der Waals surface area (Å²) in [4.78, 5) is 0. The smallest absolute Gasteiger partial charge is 0.109 e. The second-order valence-electron chi connectivity index (χ2n) is 10.7. The maximum Gasteiger partial charge on any atom is 0.109 e. The van der Waals surface area contributed by atoms with Crippen molar-refractivity contribution in [3.8, 4) is 11.1 Å². The van der Waals surface area contributed by atoms with Crippen molar-refractivity contribution in [3.63, 3.8) is 0 Å². The van der Waals surface area contributed by atoms with Gasteiger partial charge in [-0.25, -0.2) is 0 Å². The van der Waals surface area contributed by atoms with Crippen LogP contribution in [0.5, 0.6) is 0 Å². The van der Waals surface area contributed by atoms with E-state index < -0.39 is 7.14 Å². The molecule has 0 saturated heterocycles. The topological polar surface area (TPSA) is 17.1 Å². The quantitative estimate of drug-likeness (QED) is 0.125. The van der Waals surface area contributed by atoms with Crippen LogP contribution in [-0.4, -0.2) is 13.3 Å². The molecule has 0 N–H and O–H groups in total. The summed E-state index contributed by atoms with van der Waals surface area (Å²) in [6.07, 6.45) is 4.26. The van der Waals surface area contributed by atoms with Gasteiger partial charge in [0.25, 0.3) is 0 Å². The summed E-state index contributed by atoms with van der Waals surface area (Å²) in [6.45, 7) is 10.4. The molecule has 0 aliphatic heterocycles. The van der Waals surface area contributed by atoms with Gasteiger partial charge in [-0.15, -0.1) is 0 Å². The first kappa shape index (κ1) is 25.1. The molecule has 0 saturated carbocycles. The summed E-state index contributed by atoms with van der Waals surface area (Å²) in [5.41, 5.74) is 6.79. The summed E-state index contributed by atoms with van der Waals surface area (Å²) in [5, 5.41) is 7.87. The van der Waals surface area contributed by atoms with Gasteiger partial charge in [0.15, 0.2) is 0 Å². The van der Waals surface area contributed by atoms with E-state index in [1.165, 1.54) is 38.4 Å². The predicted molar refractivity (Wildman–Crippen MR) is 173 cm³/mol. The summed E-state index contributed by atoms with van der Waals surface area (Å²) in [5.74, 6) is 0. The number of benzene rings is 6. The van der Waals surface area contributed by atoms with Crippen molar-refractivity contribution in [2.75, 3.05) is 13.3 Å². The standard InChI is InChI=1S/C37H31OP/c1-25-11-5-6-12-27(25)18-17-26(2)36-32-15-9-10-16-33(32)37(30-20-19-28-13-7-8-14-29(28)23-30)34-22-21-31(24-35(34)36)39(3,4)38/h5-24H,2H2,1,3-4H3/b18-17-. The minimum Gasteiger partial charge on any atom is -0.319 e. The Balaban J connectivity index is 1.67. The minimum absolute atomic E-state index is 0.881. The zero-order valence-electron chi connectivity index (χ0n) is 22.6. The SMILES string of the molecule is C=C(/C=C\c1ccccc1C)c1c2ccccc2c(-c2ccc3ccccc3c2)c2ccc(P(C)(C)=O)cc12. The van der Waals surface area contributed by atoms with E-state index in [0.717, 1.165) is 32.6 Å². The van der Waals surface area contributed by atoms with E-state index in [2.05, 4.69) is 129 Å². The molecule has 190 valence electrons. The van der Waals surface area contributed by atoms with Gasteiger partial charge in [0.1, 0.15) is 7.14 Å². The molecule has 2 heteroatoms. The third-order valence-electron chi connectivity index (χ3n) is 7.64. The van der Waals surface area contributed by atoms with Crippen LogP contribution in [0.15, 0.2) is 122 Å². The lowest BCUT2D eigenvalue weighted by Crippen LogP contribution is -2.04. The second kappa shape index (κ2) is 9.84. The number of hydrogen-bond acceptors (Lipinski definition) is 1. The van der Waals surface area contributed by atoms with E-state index in [-0.39, 0.29) is 0 Å². The van der Waals surface area contributed by atoms with Crippen molar-refractivity contribution < 1.29 is 4.57 Å². The van der Waals surface area contributed by atoms with Crippen LogP contribution in [-0.2, 0) is 4.57 Å². The van der Waals surface area contributed by atoms with Crippen molar-refractivity contribution in [3.05, 3.63) is 139 Å². The molecule has 6 aromatic rings. The molecule has 1 nitrogen and oxygen atoms in total. The third-order valence-corrected chi connectivity index (χ3v) is 9.16. The van der Waals surface area contributed by atoms with Crippen molar-refractivity contribution >= 4 is 56.4 Å². The number of allylic oxidation sites excluding steroid dienone is 2. The van der Waals surface area contributed by atoms with Gasteiger partial charge in [0.05, 0.1) is 0 Å². The fraction of sp³-hybridized carbons (Fsp3) is 0.0811. The van der Waals surface area contributed by atoms with Gasteiger partial charge in [-0.3, -0.25) is 0 Å². The lowest BCUT2D eigenvalue weighted by atomic mass is 9.85. The van der Waals surface area contributed by atoms with E-state index in [1.807, 2.05) is 19.4 Å². The van der Waals surface area contributed by atoms with Gasteiger partial charge in [-0.2, -0.15) is 0 Å². The molecule has 0 aliphatic rings. The van der Waals surface area contributed by atoms with E-state index in [9.17, 15) is 4.57 Å². The van der Waals surface area contributed by atoms with Crippen LogP contribution in [0.4, 0.5) is 0 Å². The molecule has 0 radical (unpaired) electrons. The van der Waals surface area contributed by atoms with E-state index in [4.69, 9.17) is 0 Å². The molecular weight excluding hydrogens is 491 g/mol. The Morgan fingerprint density at radius 3 is 2.13 bits per heavy atom. The summed E-state index contributed by atoms with van der Waals surface area (Å²) >= 11 is 0. The second-order valence-corrected chi connectivity index (χ2v) is 13.9. The van der Waals surface area contributed by atoms with E-state index in [0.29, 0.717) is 0 Å². The fourth-order valence-electron chi connectivity index (χ4n) is 5.55. The first-order valence-corrected chi connectivity index (χ1v) is 15.9. The zero-order chi connectivity index (χ0) is 27.1. The Bertz CT molecular complexity index is 1990. The first-order valence-electron chi connectivity index (χ1n) is 13.3. The lowest BCUT2D eigenvalue weighted by Gasteiger charge is -2.19. The normalized spacial score (nSPS) is 12.1. The highest BCUT2D eigenvalue weighted by atomic mass is 31.2. The molecule has 6 aromatic carbocycles. The van der Waals surface area contributed by atoms with Gasteiger partial charge >= 0.3 is 0 Å². The van der Waals surface area contributed by atoms with Crippen LogP contribution in [0.3, 0.4) is 0 Å². The molecule has 0 amide bonds. The first-order chi connectivity index (χ1) is 18.8. The summed E-state index contributed by atoms with van der Waals surface area (Å²) in [7, 11) is -2.47. The number of aryl methyl sites for hydroxylation is 1. The molecule has 0 aliphatic carbocycles. The monoisotopic (exact) mass is 522 g/mol. The molecule has 0 atom stereocenters. The summed E-state index contributed by atoms with van der Waals surface area (Å²) < 4.78 is 13.2. The molecule has 0 bridgehead atoms. The maximum absolute atomic E-state index is 13.2. The highest BCUT2D eigenvalue weighted by molar-refractivity contribution is 7.70. The van der Waals surface area contributed by atoms with Crippen LogP contribution in [0, 0.1) is 6.92 Å². The Morgan fingerprint density at radius 1 is 0.692 bits per heavy atom. The Labute approximate surface area is 230 Å². The number of rotatable bonds is 5. The molecule has 0 aromatic heterocycles. The highest BCUT2D eigenvalue weighted by Crippen LogP contribution is 2.44. The van der Waals surface area contributed by atoms with Crippen LogP contribution in [0.25, 0.3) is 55.1 Å². The Morgan fingerprint density at radius 2 is 1.36 bits per heavy atom. The van der Waals surface area contributed by atoms with Crippen LogP contribution in [0.1, 0.15) is 16.7 Å². The molecule has 39 heavy (non-hydrogen) atoms. The third kappa shape index (κ3) is 4.65. The van der Waals surface area contributed by atoms with E-state index >= 15 is 0 Å². The molecule has 0 fully saturated rings. The highest BCUT2D eigenvalue weighted by Gasteiger charge is 2.19. The molecular formula is C37H31OP. The van der Waals surface area contributed by atoms with Crippen LogP contribution >= 0.6 is 7.14 Å². The zero-order valence-corrected chi connectivity index (χ0v) is 23.5. The lowest BCUT2D eigenvalue weighted by molar-refractivity contribution is 0.588. The predicted octanol–water partition coefficient (Wildman–Crippen LogP) is 10.1. The Kier molecular flexibility index (Phi) is 6.34. The fourth-order valence-corrected chi connectivity index (χ4v) is 6.42. The number of hydrogen-bond donors (Lipinski definition) is 0. The van der Waals surface area contributed by atoms with Crippen LogP contribution < -0.4 is 5.30 Å². The number of fused-ring (bicyclic) bond motifs is 3. The van der Waals surface area contributed by atoms with Gasteiger partial charge < -0.3 is 4.57 Å². The van der Waals surface area contributed by atoms with Crippen molar-refractivity contribution in [1.29, 1.82) is 0 Å². The van der Waals surface area contributed by atoms with Gasteiger partial charge in [0, 0.05) is 5.30 Å². The van der Waals surface area contributed by atoms with Gasteiger partial charge in [-0.05, 0) is 98.1 Å². The largest absolute Gasteiger partial charge is 0.319 e. The summed E-state index contributed by atoms with van der Waals surface area (Å²) in [6, 6.07) is 38.5. The van der Waals surface area contributed by atoms with Crippen molar-refractivity contribution in [2.24, 2.45) is 0 Å². The van der Waals surface area contributed by atoms with Crippen molar-refractivity contribution in [2.45, 2.75) is 6.92 Å². The van der Waals surface area contributed by atoms with Gasteiger partial charge in [-0.1, -0.05) is 116 Å². The van der Waals surface area contributed by atoms with Crippen LogP contribution in [0.2, 0.25) is 0 Å². The van der Waals surface area contributed by atoms with Crippen molar-refractivity contribution in [1.82, 2.24) is 0 Å². The molecule has 0 unspecified atom stereocenters. The molecule has 6 rings (SSSR count). The molecule has 0 heterocycles. The Hall–Kier alpha value is -4.19. The average molecular weight is 523 g/mol. The maximum atomic E-state index is 13.2. The van der Waals surface area contributed by atoms with Gasteiger partial charge in [0.2, 0.25) is 0 Å². The van der Waals surface area contributed by atoms with E-state index in [1.54, 1.807) is 0 Å². The molecule has 0 spiro atoms.